The highest BCUT2D eigenvalue weighted by atomic mass is 16.5. The molecular formula is C22H27N3O4. The quantitative estimate of drug-likeness (QED) is 0.655. The number of carbonyl (C=O) groups excluding carboxylic acids is 1. The summed E-state index contributed by atoms with van der Waals surface area (Å²) in [6.07, 6.45) is 4.33. The topological polar surface area (TPSA) is 72.9 Å². The highest BCUT2D eigenvalue weighted by molar-refractivity contribution is 5.77. The van der Waals surface area contributed by atoms with Crippen LogP contribution >= 0.6 is 0 Å². The van der Waals surface area contributed by atoms with Crippen LogP contribution in [0.4, 0.5) is 5.82 Å². The zero-order valence-corrected chi connectivity index (χ0v) is 16.7. The molecule has 0 unspecified atom stereocenters. The first-order chi connectivity index (χ1) is 14.2. The monoisotopic (exact) mass is 397 g/mol. The SMILES string of the molecule is C=CCc1ccc(OCC(=O)NCc2ccnc(N3CCOCC3)c2)c(OC)c1. The lowest BCUT2D eigenvalue weighted by Crippen LogP contribution is -2.36. The van der Waals surface area contributed by atoms with Crippen LogP contribution in [0.15, 0.2) is 49.2 Å². The summed E-state index contributed by atoms with van der Waals surface area (Å²) < 4.78 is 16.4. The van der Waals surface area contributed by atoms with Gasteiger partial charge in [-0.15, -0.1) is 6.58 Å². The summed E-state index contributed by atoms with van der Waals surface area (Å²) in [5, 5.41) is 2.88. The Balaban J connectivity index is 1.51. The smallest absolute Gasteiger partial charge is 0.258 e. The van der Waals surface area contributed by atoms with E-state index in [1.54, 1.807) is 13.3 Å². The minimum absolute atomic E-state index is 0.0848. The molecule has 29 heavy (non-hydrogen) atoms. The van der Waals surface area contributed by atoms with Gasteiger partial charge in [-0.05, 0) is 41.8 Å². The van der Waals surface area contributed by atoms with Gasteiger partial charge in [-0.1, -0.05) is 12.1 Å². The molecule has 1 aliphatic heterocycles. The number of anilines is 1. The van der Waals surface area contributed by atoms with Gasteiger partial charge in [0.25, 0.3) is 5.91 Å². The van der Waals surface area contributed by atoms with Crippen molar-refractivity contribution in [3.63, 3.8) is 0 Å². The minimum atomic E-state index is -0.202. The number of hydrogen-bond donors (Lipinski definition) is 1. The van der Waals surface area contributed by atoms with Gasteiger partial charge in [-0.3, -0.25) is 4.79 Å². The van der Waals surface area contributed by atoms with Crippen LogP contribution in [0.1, 0.15) is 11.1 Å². The van der Waals surface area contributed by atoms with E-state index in [1.807, 2.05) is 36.4 Å². The number of allylic oxidation sites excluding steroid dienone is 1. The van der Waals surface area contributed by atoms with Crippen molar-refractivity contribution in [3.8, 4) is 11.5 Å². The molecule has 1 fully saturated rings. The summed E-state index contributed by atoms with van der Waals surface area (Å²) in [6.45, 7) is 7.12. The third-order valence-electron chi connectivity index (χ3n) is 4.60. The Hall–Kier alpha value is -3.06. The molecule has 1 aromatic heterocycles. The molecule has 154 valence electrons. The van der Waals surface area contributed by atoms with E-state index in [0.29, 0.717) is 31.3 Å². The lowest BCUT2D eigenvalue weighted by atomic mass is 10.1. The van der Waals surface area contributed by atoms with Crippen LogP contribution in [0.3, 0.4) is 0 Å². The van der Waals surface area contributed by atoms with Gasteiger partial charge in [-0.2, -0.15) is 0 Å². The standard InChI is InChI=1S/C22H27N3O4/c1-3-4-17-5-6-19(20(13-17)27-2)29-16-22(26)24-15-18-7-8-23-21(14-18)25-9-11-28-12-10-25/h3,5-8,13-14H,1,4,9-12,15-16H2,2H3,(H,24,26). The number of nitrogens with zero attached hydrogens (tertiary/aromatic N) is 2. The van der Waals surface area contributed by atoms with Crippen molar-refractivity contribution < 1.29 is 19.0 Å². The first-order valence-electron chi connectivity index (χ1n) is 9.64. The number of aromatic nitrogens is 1. The Morgan fingerprint density at radius 2 is 2.07 bits per heavy atom. The number of benzene rings is 1. The number of hydrogen-bond acceptors (Lipinski definition) is 6. The Morgan fingerprint density at radius 3 is 2.83 bits per heavy atom. The summed E-state index contributed by atoms with van der Waals surface area (Å²) >= 11 is 0. The number of carbonyl (C=O) groups is 1. The maximum absolute atomic E-state index is 12.2. The zero-order chi connectivity index (χ0) is 20.5. The molecular weight excluding hydrogens is 370 g/mol. The van der Waals surface area contributed by atoms with Gasteiger partial charge in [0.1, 0.15) is 5.82 Å². The van der Waals surface area contributed by atoms with Crippen LogP contribution in [-0.4, -0.2) is 50.9 Å². The largest absolute Gasteiger partial charge is 0.493 e. The molecule has 7 nitrogen and oxygen atoms in total. The number of amides is 1. The third kappa shape index (κ3) is 5.96. The molecule has 0 saturated carbocycles. The summed E-state index contributed by atoms with van der Waals surface area (Å²) in [5.74, 6) is 1.84. The number of morpholine rings is 1. The Labute approximate surface area is 171 Å². The van der Waals surface area contributed by atoms with Gasteiger partial charge in [0.2, 0.25) is 0 Å². The molecule has 2 heterocycles. The van der Waals surface area contributed by atoms with Crippen molar-refractivity contribution >= 4 is 11.7 Å². The average molecular weight is 397 g/mol. The number of methoxy groups -OCH3 is 1. The summed E-state index contributed by atoms with van der Waals surface area (Å²) in [7, 11) is 1.58. The second kappa shape index (κ2) is 10.5. The van der Waals surface area contributed by atoms with Crippen LogP contribution in [0, 0.1) is 0 Å². The Kier molecular flexibility index (Phi) is 7.47. The molecule has 0 radical (unpaired) electrons. The first-order valence-corrected chi connectivity index (χ1v) is 9.64. The molecule has 2 aromatic rings. The molecule has 1 amide bonds. The Bertz CT molecular complexity index is 835. The average Bonchev–Trinajstić information content (AvgIpc) is 2.77. The van der Waals surface area contributed by atoms with E-state index in [2.05, 4.69) is 21.8 Å². The van der Waals surface area contributed by atoms with Crippen molar-refractivity contribution in [3.05, 3.63) is 60.3 Å². The highest BCUT2D eigenvalue weighted by Crippen LogP contribution is 2.28. The Morgan fingerprint density at radius 1 is 1.24 bits per heavy atom. The van der Waals surface area contributed by atoms with Crippen molar-refractivity contribution in [2.75, 3.05) is 44.9 Å². The van der Waals surface area contributed by atoms with Gasteiger partial charge < -0.3 is 24.4 Å². The molecule has 0 bridgehead atoms. The van der Waals surface area contributed by atoms with Gasteiger partial charge in [-0.25, -0.2) is 4.98 Å². The van der Waals surface area contributed by atoms with E-state index < -0.39 is 0 Å². The van der Waals surface area contributed by atoms with E-state index in [9.17, 15) is 4.79 Å². The predicted molar refractivity (Wildman–Crippen MR) is 112 cm³/mol. The van der Waals surface area contributed by atoms with Crippen molar-refractivity contribution in [2.45, 2.75) is 13.0 Å². The summed E-state index contributed by atoms with van der Waals surface area (Å²) in [5.41, 5.74) is 2.06. The maximum Gasteiger partial charge on any atom is 0.258 e. The molecule has 1 N–H and O–H groups in total. The first kappa shape index (κ1) is 20.7. The van der Waals surface area contributed by atoms with Gasteiger partial charge in [0.05, 0.1) is 20.3 Å². The second-order valence-electron chi connectivity index (χ2n) is 6.67. The van der Waals surface area contributed by atoms with Crippen molar-refractivity contribution in [1.29, 1.82) is 0 Å². The molecule has 7 heteroatoms. The fourth-order valence-corrected chi connectivity index (χ4v) is 3.06. The normalized spacial score (nSPS) is 13.6. The molecule has 1 aromatic carbocycles. The van der Waals surface area contributed by atoms with Crippen molar-refractivity contribution in [1.82, 2.24) is 10.3 Å². The van der Waals surface area contributed by atoms with E-state index in [4.69, 9.17) is 14.2 Å². The second-order valence-corrected chi connectivity index (χ2v) is 6.67. The highest BCUT2D eigenvalue weighted by Gasteiger charge is 2.13. The van der Waals surface area contributed by atoms with Crippen molar-refractivity contribution in [2.24, 2.45) is 0 Å². The van der Waals surface area contributed by atoms with Gasteiger partial charge in [0, 0.05) is 25.8 Å². The number of pyridine rings is 1. The van der Waals surface area contributed by atoms with Crippen LogP contribution < -0.4 is 19.7 Å². The zero-order valence-electron chi connectivity index (χ0n) is 16.7. The van der Waals surface area contributed by atoms with E-state index in [1.165, 1.54) is 0 Å². The maximum atomic E-state index is 12.2. The van der Waals surface area contributed by atoms with Gasteiger partial charge in [0.15, 0.2) is 18.1 Å². The molecule has 0 spiro atoms. The van der Waals surface area contributed by atoms with Crippen LogP contribution in [-0.2, 0) is 22.5 Å². The van der Waals surface area contributed by atoms with E-state index >= 15 is 0 Å². The van der Waals surface area contributed by atoms with Crippen LogP contribution in [0.2, 0.25) is 0 Å². The molecule has 3 rings (SSSR count). The van der Waals surface area contributed by atoms with E-state index in [0.717, 1.165) is 36.5 Å². The number of ether oxygens (including phenoxy) is 3. The summed E-state index contributed by atoms with van der Waals surface area (Å²) in [6, 6.07) is 9.52. The van der Waals surface area contributed by atoms with Gasteiger partial charge >= 0.3 is 0 Å². The number of nitrogens with one attached hydrogen (secondary N) is 1. The fraction of sp³-hybridized carbons (Fsp3) is 0.364. The predicted octanol–water partition coefficient (Wildman–Crippen LogP) is 2.35. The third-order valence-corrected chi connectivity index (χ3v) is 4.60. The lowest BCUT2D eigenvalue weighted by Gasteiger charge is -2.28. The number of rotatable bonds is 9. The van der Waals surface area contributed by atoms with Crippen LogP contribution in [0.25, 0.3) is 0 Å². The molecule has 0 aliphatic carbocycles. The van der Waals surface area contributed by atoms with Crippen LogP contribution in [0.5, 0.6) is 11.5 Å². The van der Waals surface area contributed by atoms with E-state index in [-0.39, 0.29) is 12.5 Å². The minimum Gasteiger partial charge on any atom is -0.493 e. The summed E-state index contributed by atoms with van der Waals surface area (Å²) in [4.78, 5) is 18.8. The molecule has 0 atom stereocenters. The lowest BCUT2D eigenvalue weighted by molar-refractivity contribution is -0.123. The molecule has 1 saturated heterocycles. The molecule has 1 aliphatic rings. The fourth-order valence-electron chi connectivity index (χ4n) is 3.06.